The van der Waals surface area contributed by atoms with E-state index < -0.39 is 0 Å². The molecule has 0 aliphatic carbocycles. The number of benzene rings is 2. The van der Waals surface area contributed by atoms with Gasteiger partial charge < -0.3 is 5.32 Å². The van der Waals surface area contributed by atoms with E-state index in [0.29, 0.717) is 15.9 Å². The van der Waals surface area contributed by atoms with Gasteiger partial charge in [0.2, 0.25) is 5.91 Å². The van der Waals surface area contributed by atoms with Gasteiger partial charge in [-0.2, -0.15) is 0 Å². The number of aromatic nitrogens is 3. The molecule has 0 saturated heterocycles. The van der Waals surface area contributed by atoms with Crippen LogP contribution in [0.15, 0.2) is 53.7 Å². The molecule has 0 aliphatic rings. The van der Waals surface area contributed by atoms with Crippen LogP contribution in [0.4, 0.5) is 5.69 Å². The van der Waals surface area contributed by atoms with Crippen molar-refractivity contribution in [1.82, 2.24) is 14.8 Å². The van der Waals surface area contributed by atoms with Crippen LogP contribution in [-0.2, 0) is 4.79 Å². The Kier molecular flexibility index (Phi) is 5.64. The fraction of sp³-hybridized carbons (Fsp3) is 0.211. The summed E-state index contributed by atoms with van der Waals surface area (Å²) in [6.45, 7) is 5.79. The van der Waals surface area contributed by atoms with Gasteiger partial charge in [0.15, 0.2) is 5.16 Å². The predicted molar refractivity (Wildman–Crippen MR) is 106 cm³/mol. The summed E-state index contributed by atoms with van der Waals surface area (Å²) in [5.74, 6) is 0.676. The third-order valence-electron chi connectivity index (χ3n) is 3.85. The first-order chi connectivity index (χ1) is 12.4. The Bertz CT molecular complexity index is 906. The highest BCUT2D eigenvalue weighted by Gasteiger charge is 2.20. The average Bonchev–Trinajstić information content (AvgIpc) is 2.98. The van der Waals surface area contributed by atoms with E-state index in [1.807, 2.05) is 49.6 Å². The van der Waals surface area contributed by atoms with Gasteiger partial charge in [-0.05, 0) is 57.2 Å². The highest BCUT2D eigenvalue weighted by molar-refractivity contribution is 8.00. The van der Waals surface area contributed by atoms with E-state index in [1.54, 1.807) is 24.3 Å². The maximum Gasteiger partial charge on any atom is 0.237 e. The van der Waals surface area contributed by atoms with E-state index >= 15 is 0 Å². The van der Waals surface area contributed by atoms with E-state index in [-0.39, 0.29) is 11.2 Å². The minimum atomic E-state index is -0.335. The molecule has 0 saturated carbocycles. The van der Waals surface area contributed by atoms with Crippen molar-refractivity contribution in [2.24, 2.45) is 0 Å². The number of hydrogen-bond acceptors (Lipinski definition) is 4. The summed E-state index contributed by atoms with van der Waals surface area (Å²) in [5, 5.41) is 12.3. The number of nitrogens with one attached hydrogen (secondary N) is 1. The second kappa shape index (κ2) is 7.93. The Hall–Kier alpha value is -2.31. The molecule has 2 aromatic carbocycles. The van der Waals surface area contributed by atoms with E-state index in [9.17, 15) is 4.79 Å². The second-order valence-electron chi connectivity index (χ2n) is 5.96. The molecule has 0 radical (unpaired) electrons. The van der Waals surface area contributed by atoms with E-state index in [1.165, 1.54) is 17.3 Å². The highest BCUT2D eigenvalue weighted by atomic mass is 35.5. The minimum Gasteiger partial charge on any atom is -0.325 e. The molecule has 0 fully saturated rings. The van der Waals surface area contributed by atoms with Crippen LogP contribution < -0.4 is 5.32 Å². The average molecular weight is 387 g/mol. The van der Waals surface area contributed by atoms with Gasteiger partial charge in [0.1, 0.15) is 5.82 Å². The maximum atomic E-state index is 12.5. The molecule has 1 heterocycles. The summed E-state index contributed by atoms with van der Waals surface area (Å²) in [5.41, 5.74) is 2.87. The first kappa shape index (κ1) is 18.5. The van der Waals surface area contributed by atoms with Gasteiger partial charge in [0, 0.05) is 16.4 Å². The Morgan fingerprint density at radius 2 is 1.73 bits per heavy atom. The third-order valence-corrected chi connectivity index (χ3v) is 5.15. The second-order valence-corrected chi connectivity index (χ2v) is 7.70. The van der Waals surface area contributed by atoms with Crippen molar-refractivity contribution < 1.29 is 4.79 Å². The molecular formula is C19H19ClN4OS. The molecule has 0 aliphatic heterocycles. The number of rotatable bonds is 5. The molecule has 26 heavy (non-hydrogen) atoms. The van der Waals surface area contributed by atoms with Gasteiger partial charge in [-0.1, -0.05) is 41.1 Å². The zero-order chi connectivity index (χ0) is 18.7. The standard InChI is InChI=1S/C19H19ClN4OS/c1-12-4-10-17(11-5-12)24-14(3)22-23-19(24)26-13(2)18(25)21-16-8-6-15(20)7-9-16/h4-11,13H,1-3H3,(H,21,25)/t13-/m0/s1. The van der Waals surface area contributed by atoms with Crippen LogP contribution in [-0.4, -0.2) is 25.9 Å². The van der Waals surface area contributed by atoms with Crippen LogP contribution >= 0.6 is 23.4 Å². The molecule has 7 heteroatoms. The molecule has 1 atom stereocenters. The lowest BCUT2D eigenvalue weighted by Gasteiger charge is -2.13. The van der Waals surface area contributed by atoms with Crippen molar-refractivity contribution in [2.75, 3.05) is 5.32 Å². The van der Waals surface area contributed by atoms with E-state index in [2.05, 4.69) is 15.5 Å². The van der Waals surface area contributed by atoms with Crippen molar-refractivity contribution in [3.8, 4) is 5.69 Å². The zero-order valence-electron chi connectivity index (χ0n) is 14.7. The van der Waals surface area contributed by atoms with Crippen molar-refractivity contribution in [1.29, 1.82) is 0 Å². The van der Waals surface area contributed by atoms with E-state index in [4.69, 9.17) is 11.6 Å². The number of thioether (sulfide) groups is 1. The molecule has 1 N–H and O–H groups in total. The fourth-order valence-electron chi connectivity index (χ4n) is 2.40. The Balaban J connectivity index is 1.75. The van der Waals surface area contributed by atoms with Crippen molar-refractivity contribution in [3.63, 3.8) is 0 Å². The quantitative estimate of drug-likeness (QED) is 0.648. The third kappa shape index (κ3) is 4.26. The summed E-state index contributed by atoms with van der Waals surface area (Å²) in [4.78, 5) is 12.5. The summed E-state index contributed by atoms with van der Waals surface area (Å²) in [6, 6.07) is 15.2. The molecule has 0 unspecified atom stereocenters. The Morgan fingerprint density at radius 1 is 1.08 bits per heavy atom. The van der Waals surface area contributed by atoms with Crippen molar-refractivity contribution in [2.45, 2.75) is 31.2 Å². The lowest BCUT2D eigenvalue weighted by Crippen LogP contribution is -2.22. The van der Waals surface area contributed by atoms with Crippen LogP contribution in [0.2, 0.25) is 5.02 Å². The molecule has 134 valence electrons. The van der Waals surface area contributed by atoms with Gasteiger partial charge in [-0.25, -0.2) is 0 Å². The summed E-state index contributed by atoms with van der Waals surface area (Å²) in [7, 11) is 0. The van der Waals surface area contributed by atoms with Crippen LogP contribution in [0.25, 0.3) is 5.69 Å². The topological polar surface area (TPSA) is 59.8 Å². The molecule has 0 spiro atoms. The Labute approximate surface area is 161 Å². The molecule has 3 rings (SSSR count). The first-order valence-electron chi connectivity index (χ1n) is 8.16. The van der Waals surface area contributed by atoms with Crippen LogP contribution in [0.5, 0.6) is 0 Å². The van der Waals surface area contributed by atoms with Crippen molar-refractivity contribution in [3.05, 3.63) is 64.9 Å². The lowest BCUT2D eigenvalue weighted by molar-refractivity contribution is -0.115. The van der Waals surface area contributed by atoms with Crippen LogP contribution in [0.3, 0.4) is 0 Å². The number of anilines is 1. The smallest absolute Gasteiger partial charge is 0.237 e. The van der Waals surface area contributed by atoms with Gasteiger partial charge in [0.05, 0.1) is 5.25 Å². The Morgan fingerprint density at radius 3 is 2.38 bits per heavy atom. The predicted octanol–water partition coefficient (Wildman–Crippen LogP) is 4.66. The fourth-order valence-corrected chi connectivity index (χ4v) is 3.44. The summed E-state index contributed by atoms with van der Waals surface area (Å²) >= 11 is 7.24. The molecule has 0 bridgehead atoms. The number of carbonyl (C=O) groups excluding carboxylic acids is 1. The SMILES string of the molecule is Cc1ccc(-n2c(C)nnc2S[C@@H](C)C(=O)Nc2ccc(Cl)cc2)cc1. The lowest BCUT2D eigenvalue weighted by atomic mass is 10.2. The zero-order valence-corrected chi connectivity index (χ0v) is 16.3. The number of amides is 1. The van der Waals surface area contributed by atoms with Gasteiger partial charge in [-0.3, -0.25) is 9.36 Å². The monoisotopic (exact) mass is 386 g/mol. The molecular weight excluding hydrogens is 368 g/mol. The first-order valence-corrected chi connectivity index (χ1v) is 9.42. The maximum absolute atomic E-state index is 12.5. The minimum absolute atomic E-state index is 0.103. The van der Waals surface area contributed by atoms with Crippen LogP contribution in [0.1, 0.15) is 18.3 Å². The molecule has 5 nitrogen and oxygen atoms in total. The van der Waals surface area contributed by atoms with Gasteiger partial charge in [-0.15, -0.1) is 10.2 Å². The van der Waals surface area contributed by atoms with Crippen LogP contribution in [0, 0.1) is 13.8 Å². The number of aryl methyl sites for hydroxylation is 2. The van der Waals surface area contributed by atoms with E-state index in [0.717, 1.165) is 11.5 Å². The number of carbonyl (C=O) groups is 1. The summed E-state index contributed by atoms with van der Waals surface area (Å²) < 4.78 is 1.95. The largest absolute Gasteiger partial charge is 0.325 e. The summed E-state index contributed by atoms with van der Waals surface area (Å²) in [6.07, 6.45) is 0. The normalized spacial score (nSPS) is 12.0. The molecule has 3 aromatic rings. The number of hydrogen-bond donors (Lipinski definition) is 1. The number of nitrogens with zero attached hydrogens (tertiary/aromatic N) is 3. The van der Waals surface area contributed by atoms with Crippen molar-refractivity contribution >= 4 is 35.0 Å². The number of halogens is 1. The van der Waals surface area contributed by atoms with Gasteiger partial charge in [0.25, 0.3) is 0 Å². The molecule has 1 aromatic heterocycles. The highest BCUT2D eigenvalue weighted by Crippen LogP contribution is 2.26. The van der Waals surface area contributed by atoms with Gasteiger partial charge >= 0.3 is 0 Å². The molecule has 1 amide bonds.